The summed E-state index contributed by atoms with van der Waals surface area (Å²) in [6.07, 6.45) is 1.22. The lowest BCUT2D eigenvalue weighted by Crippen LogP contribution is -2.37. The predicted molar refractivity (Wildman–Crippen MR) is 92.5 cm³/mol. The summed E-state index contributed by atoms with van der Waals surface area (Å²) in [4.78, 5) is 31.8. The highest BCUT2D eigenvalue weighted by atomic mass is 32.1. The molecule has 1 aliphatic heterocycles. The number of halogens is 1. The quantitative estimate of drug-likeness (QED) is 0.915. The van der Waals surface area contributed by atoms with Crippen molar-refractivity contribution < 1.29 is 14.0 Å². The van der Waals surface area contributed by atoms with Gasteiger partial charge in [-0.2, -0.15) is 0 Å². The number of nitrogens with two attached hydrogens (primary N) is 1. The molecule has 1 saturated heterocycles. The van der Waals surface area contributed by atoms with Gasteiger partial charge in [-0.3, -0.25) is 9.59 Å². The van der Waals surface area contributed by atoms with E-state index in [2.05, 4.69) is 4.98 Å². The highest BCUT2D eigenvalue weighted by Crippen LogP contribution is 2.59. The maximum Gasteiger partial charge on any atom is 0.274 e. The van der Waals surface area contributed by atoms with Crippen LogP contribution in [0.3, 0.4) is 0 Å². The Hall–Kier alpha value is -2.28. The predicted octanol–water partition coefficient (Wildman–Crippen LogP) is 2.74. The number of carbonyl (C=O) groups is 2. The van der Waals surface area contributed by atoms with Crippen LogP contribution in [-0.2, 0) is 4.79 Å². The van der Waals surface area contributed by atoms with Crippen molar-refractivity contribution in [2.75, 3.05) is 0 Å². The van der Waals surface area contributed by atoms with E-state index in [4.69, 9.17) is 5.73 Å². The normalized spacial score (nSPS) is 27.2. The van der Waals surface area contributed by atoms with E-state index in [1.807, 2.05) is 13.8 Å². The van der Waals surface area contributed by atoms with Crippen molar-refractivity contribution in [2.45, 2.75) is 38.8 Å². The largest absolute Gasteiger partial charge is 0.369 e. The highest BCUT2D eigenvalue weighted by molar-refractivity contribution is 7.15. The van der Waals surface area contributed by atoms with Gasteiger partial charge in [-0.05, 0) is 44.4 Å². The Morgan fingerprint density at radius 2 is 2.16 bits per heavy atom. The van der Waals surface area contributed by atoms with Gasteiger partial charge in [0.25, 0.3) is 5.91 Å². The maximum absolute atomic E-state index is 13.6. The Balaban J connectivity index is 1.72. The van der Waals surface area contributed by atoms with E-state index in [-0.39, 0.29) is 29.7 Å². The molecule has 1 aliphatic carbocycles. The topological polar surface area (TPSA) is 76.3 Å². The van der Waals surface area contributed by atoms with Crippen LogP contribution in [0.5, 0.6) is 0 Å². The zero-order chi connectivity index (χ0) is 17.9. The number of aromatic nitrogens is 1. The van der Waals surface area contributed by atoms with Crippen LogP contribution < -0.4 is 5.73 Å². The lowest BCUT2D eigenvalue weighted by molar-refractivity contribution is -0.123. The molecule has 4 rings (SSSR count). The van der Waals surface area contributed by atoms with E-state index in [0.717, 1.165) is 5.01 Å². The number of carbonyl (C=O) groups excluding carboxylic acids is 2. The molecule has 3 atom stereocenters. The molecule has 7 heteroatoms. The van der Waals surface area contributed by atoms with Crippen LogP contribution in [0, 0.1) is 18.2 Å². The number of piperidine rings is 1. The number of rotatable bonds is 3. The number of primary amides is 1. The highest BCUT2D eigenvalue weighted by Gasteiger charge is 2.68. The number of fused-ring (bicyclic) bond motifs is 1. The minimum Gasteiger partial charge on any atom is -0.369 e. The third-order valence-corrected chi connectivity index (χ3v) is 6.27. The summed E-state index contributed by atoms with van der Waals surface area (Å²) < 4.78 is 13.6. The molecule has 1 aromatic heterocycles. The molecule has 0 bridgehead atoms. The summed E-state index contributed by atoms with van der Waals surface area (Å²) in [6.45, 7) is 3.75. The van der Waals surface area contributed by atoms with Gasteiger partial charge in [0.2, 0.25) is 5.91 Å². The van der Waals surface area contributed by atoms with Crippen molar-refractivity contribution in [3.63, 3.8) is 0 Å². The average molecular weight is 359 g/mol. The number of nitrogens with zero attached hydrogens (tertiary/aromatic N) is 2. The van der Waals surface area contributed by atoms with E-state index < -0.39 is 5.41 Å². The van der Waals surface area contributed by atoms with Crippen LogP contribution in [0.4, 0.5) is 4.39 Å². The van der Waals surface area contributed by atoms with Gasteiger partial charge in [-0.25, -0.2) is 9.37 Å². The maximum atomic E-state index is 13.6. The van der Waals surface area contributed by atoms with E-state index >= 15 is 0 Å². The van der Waals surface area contributed by atoms with Gasteiger partial charge in [0.1, 0.15) is 11.5 Å². The van der Waals surface area contributed by atoms with Crippen molar-refractivity contribution >= 4 is 23.2 Å². The molecule has 1 saturated carbocycles. The Morgan fingerprint density at radius 3 is 2.80 bits per heavy atom. The molecule has 0 radical (unpaired) electrons. The van der Waals surface area contributed by atoms with Crippen LogP contribution in [0.25, 0.3) is 10.4 Å². The summed E-state index contributed by atoms with van der Waals surface area (Å²) >= 11 is 1.37. The van der Waals surface area contributed by atoms with E-state index in [1.165, 1.54) is 23.5 Å². The lowest BCUT2D eigenvalue weighted by Gasteiger charge is -2.24. The fourth-order valence-electron chi connectivity index (χ4n) is 4.03. The van der Waals surface area contributed by atoms with Gasteiger partial charge >= 0.3 is 0 Å². The molecule has 2 aliphatic rings. The zero-order valence-electron chi connectivity index (χ0n) is 14.0. The fraction of sp³-hybridized carbons (Fsp3) is 0.389. The summed E-state index contributed by atoms with van der Waals surface area (Å²) in [5.74, 6) is -0.896. The molecular formula is C18H18FN3O2S. The van der Waals surface area contributed by atoms with Gasteiger partial charge in [0.05, 0.1) is 15.3 Å². The number of amides is 2. The van der Waals surface area contributed by atoms with Crippen molar-refractivity contribution in [2.24, 2.45) is 11.1 Å². The summed E-state index contributed by atoms with van der Waals surface area (Å²) in [6, 6.07) is 5.95. The molecule has 0 unspecified atom stereocenters. The molecule has 2 fully saturated rings. The van der Waals surface area contributed by atoms with E-state index in [0.29, 0.717) is 29.0 Å². The minimum atomic E-state index is -0.570. The van der Waals surface area contributed by atoms with Gasteiger partial charge in [0.15, 0.2) is 0 Å². The molecule has 2 N–H and O–H groups in total. The molecule has 1 aromatic carbocycles. The number of hydrogen-bond donors (Lipinski definition) is 1. The summed E-state index contributed by atoms with van der Waals surface area (Å²) in [5, 5.41) is 0.742. The Labute approximate surface area is 148 Å². The van der Waals surface area contributed by atoms with Crippen LogP contribution >= 0.6 is 11.3 Å². The SMILES string of the molecule is Cc1nc(C(=O)N2[C@H]3C[C@]3(C(N)=O)C[C@@H]2C)c(-c2cccc(F)c2)s1. The number of thiazole rings is 1. The first-order valence-electron chi connectivity index (χ1n) is 8.19. The van der Waals surface area contributed by atoms with Crippen molar-refractivity contribution in [1.82, 2.24) is 9.88 Å². The van der Waals surface area contributed by atoms with Crippen LogP contribution in [0.2, 0.25) is 0 Å². The minimum absolute atomic E-state index is 0.0684. The standard InChI is InChI=1S/C18H18FN3O2S/c1-9-7-18(17(20)24)8-13(18)22(9)16(23)14-15(25-10(2)21-14)11-4-3-5-12(19)6-11/h3-6,9,13H,7-8H2,1-2H3,(H2,20,24)/t9-,13-,18+/m0/s1. The molecule has 2 aromatic rings. The second-order valence-corrected chi connectivity index (χ2v) is 8.13. The van der Waals surface area contributed by atoms with Gasteiger partial charge < -0.3 is 10.6 Å². The fourth-order valence-corrected chi connectivity index (χ4v) is 4.94. The number of likely N-dealkylation sites (tertiary alicyclic amines) is 1. The first kappa shape index (κ1) is 16.2. The van der Waals surface area contributed by atoms with Gasteiger partial charge in [-0.1, -0.05) is 12.1 Å². The third kappa shape index (κ3) is 2.37. The van der Waals surface area contributed by atoms with E-state index in [9.17, 15) is 14.0 Å². The number of aryl methyl sites for hydroxylation is 1. The summed E-state index contributed by atoms with van der Waals surface area (Å²) in [5.41, 5.74) is 5.94. The Kier molecular flexibility index (Phi) is 3.47. The molecule has 130 valence electrons. The number of hydrogen-bond acceptors (Lipinski definition) is 4. The van der Waals surface area contributed by atoms with Crippen LogP contribution in [-0.4, -0.2) is 33.8 Å². The monoisotopic (exact) mass is 359 g/mol. The number of benzene rings is 1. The van der Waals surface area contributed by atoms with Gasteiger partial charge in [-0.15, -0.1) is 11.3 Å². The van der Waals surface area contributed by atoms with Crippen LogP contribution in [0.15, 0.2) is 24.3 Å². The van der Waals surface area contributed by atoms with E-state index in [1.54, 1.807) is 17.0 Å². The third-order valence-electron chi connectivity index (χ3n) is 5.25. The molecular weight excluding hydrogens is 341 g/mol. The van der Waals surface area contributed by atoms with Crippen LogP contribution in [0.1, 0.15) is 35.3 Å². The molecule has 25 heavy (non-hydrogen) atoms. The molecule has 5 nitrogen and oxygen atoms in total. The van der Waals surface area contributed by atoms with Crippen molar-refractivity contribution in [3.05, 3.63) is 40.8 Å². The second-order valence-electron chi connectivity index (χ2n) is 6.93. The average Bonchev–Trinajstić information content (AvgIpc) is 2.98. The first-order chi connectivity index (χ1) is 11.8. The molecule has 2 heterocycles. The summed E-state index contributed by atoms with van der Waals surface area (Å²) in [7, 11) is 0. The zero-order valence-corrected chi connectivity index (χ0v) is 14.8. The molecule has 0 spiro atoms. The first-order valence-corrected chi connectivity index (χ1v) is 9.01. The Bertz CT molecular complexity index is 896. The van der Waals surface area contributed by atoms with Crippen molar-refractivity contribution in [3.8, 4) is 10.4 Å². The Morgan fingerprint density at radius 1 is 1.40 bits per heavy atom. The molecule has 2 amide bonds. The van der Waals surface area contributed by atoms with Crippen molar-refractivity contribution in [1.29, 1.82) is 0 Å². The lowest BCUT2D eigenvalue weighted by atomic mass is 10.00. The van der Waals surface area contributed by atoms with Gasteiger partial charge in [0, 0.05) is 12.1 Å². The second kappa shape index (κ2) is 5.36. The smallest absolute Gasteiger partial charge is 0.274 e.